The van der Waals surface area contributed by atoms with E-state index in [1.54, 1.807) is 19.4 Å². The average molecular weight is 246 g/mol. The topological polar surface area (TPSA) is 42.4 Å². The number of ether oxygens (including phenoxy) is 1. The number of hydrogen-bond acceptors (Lipinski definition) is 4. The van der Waals surface area contributed by atoms with Gasteiger partial charge in [0.05, 0.1) is 18.5 Å². The number of Topliss-reactive ketones (excluding diaryl/α,β-unsaturated/α-hetero) is 1. The van der Waals surface area contributed by atoms with E-state index in [-0.39, 0.29) is 5.78 Å². The van der Waals surface area contributed by atoms with Gasteiger partial charge in [-0.3, -0.25) is 9.78 Å². The van der Waals surface area contributed by atoms with Gasteiger partial charge in [-0.15, -0.1) is 0 Å². The first kappa shape index (κ1) is 12.8. The molecule has 0 spiro atoms. The van der Waals surface area contributed by atoms with Gasteiger partial charge in [-0.2, -0.15) is 0 Å². The zero-order valence-corrected chi connectivity index (χ0v) is 10.8. The third-order valence-corrected chi connectivity index (χ3v) is 3.11. The number of nitrogens with zero attached hydrogens (tertiary/aromatic N) is 2. The predicted molar refractivity (Wildman–Crippen MR) is 71.0 cm³/mol. The van der Waals surface area contributed by atoms with Crippen LogP contribution in [0.4, 0.5) is 5.69 Å². The Morgan fingerprint density at radius 1 is 1.50 bits per heavy atom. The van der Waals surface area contributed by atoms with Gasteiger partial charge in [0.1, 0.15) is 5.69 Å². The van der Waals surface area contributed by atoms with Crippen molar-refractivity contribution in [1.82, 2.24) is 4.98 Å². The fourth-order valence-electron chi connectivity index (χ4n) is 2.04. The van der Waals surface area contributed by atoms with Crippen LogP contribution in [0.5, 0.6) is 0 Å². The lowest BCUT2D eigenvalue weighted by atomic mass is 10.1. The Labute approximate surface area is 107 Å². The first-order valence-electron chi connectivity index (χ1n) is 6.09. The Morgan fingerprint density at radius 2 is 2.33 bits per heavy atom. The lowest BCUT2D eigenvalue weighted by Gasteiger charge is -2.28. The molecular weight excluding hydrogens is 228 g/mol. The van der Waals surface area contributed by atoms with Gasteiger partial charge in [0.2, 0.25) is 0 Å². The monoisotopic (exact) mass is 246 g/mol. The number of pyridine rings is 1. The van der Waals surface area contributed by atoms with Crippen molar-refractivity contribution < 1.29 is 9.53 Å². The van der Waals surface area contributed by atoms with E-state index < -0.39 is 0 Å². The lowest BCUT2D eigenvalue weighted by molar-refractivity contribution is 0.101. The largest absolute Gasteiger partial charge is 0.380 e. The summed E-state index contributed by atoms with van der Waals surface area (Å²) in [7, 11) is 1.72. The maximum atomic E-state index is 11.1. The Morgan fingerprint density at radius 3 is 2.83 bits per heavy atom. The summed E-state index contributed by atoms with van der Waals surface area (Å²) in [5, 5.41) is 0. The van der Waals surface area contributed by atoms with Gasteiger partial charge in [-0.25, -0.2) is 0 Å². The number of carbonyl (C=O) groups is 1. The zero-order valence-electron chi connectivity index (χ0n) is 10.8. The maximum Gasteiger partial charge on any atom is 0.178 e. The summed E-state index contributed by atoms with van der Waals surface area (Å²) in [4.78, 5) is 17.6. The van der Waals surface area contributed by atoms with Crippen molar-refractivity contribution in [2.24, 2.45) is 0 Å². The van der Waals surface area contributed by atoms with Crippen molar-refractivity contribution in [2.45, 2.75) is 13.3 Å². The van der Waals surface area contributed by atoms with Crippen molar-refractivity contribution in [1.29, 1.82) is 0 Å². The van der Waals surface area contributed by atoms with E-state index in [9.17, 15) is 4.79 Å². The van der Waals surface area contributed by atoms with Crippen LogP contribution in [0.2, 0.25) is 0 Å². The molecule has 1 aromatic heterocycles. The van der Waals surface area contributed by atoms with E-state index in [2.05, 4.69) is 16.0 Å². The number of carbonyl (C=O) groups excluding carboxylic acids is 1. The standard InChI is InChI=1S/C14H18N2O2/c1-11(17)14-4-3-13(9-15-14)16-7-5-12(6-8-16)10-18-2/h3-5,9H,6-8,10H2,1-2H3. The van der Waals surface area contributed by atoms with Crippen molar-refractivity contribution in [3.8, 4) is 0 Å². The maximum absolute atomic E-state index is 11.1. The molecule has 0 N–H and O–H groups in total. The Hall–Kier alpha value is -1.68. The van der Waals surface area contributed by atoms with Crippen LogP contribution >= 0.6 is 0 Å². The minimum atomic E-state index is 0.00229. The first-order chi connectivity index (χ1) is 8.70. The molecule has 0 saturated heterocycles. The first-order valence-corrected chi connectivity index (χ1v) is 6.09. The average Bonchev–Trinajstić information content (AvgIpc) is 2.40. The Balaban J connectivity index is 2.03. The second-order valence-corrected chi connectivity index (χ2v) is 4.45. The molecule has 4 nitrogen and oxygen atoms in total. The summed E-state index contributed by atoms with van der Waals surface area (Å²) < 4.78 is 5.13. The molecule has 0 saturated carbocycles. The minimum Gasteiger partial charge on any atom is -0.380 e. The van der Waals surface area contributed by atoms with Gasteiger partial charge in [-0.05, 0) is 24.1 Å². The van der Waals surface area contributed by atoms with E-state index >= 15 is 0 Å². The van der Waals surface area contributed by atoms with E-state index in [1.165, 1.54) is 12.5 Å². The quantitative estimate of drug-likeness (QED) is 0.602. The molecule has 0 aromatic carbocycles. The summed E-state index contributed by atoms with van der Waals surface area (Å²) in [5.41, 5.74) is 2.93. The summed E-state index contributed by atoms with van der Waals surface area (Å²) in [6.07, 6.45) is 4.99. The minimum absolute atomic E-state index is 0.00229. The Bertz CT molecular complexity index is 451. The fraction of sp³-hybridized carbons (Fsp3) is 0.429. The van der Waals surface area contributed by atoms with E-state index in [1.807, 2.05) is 6.07 Å². The van der Waals surface area contributed by atoms with Crippen molar-refractivity contribution >= 4 is 11.5 Å². The second kappa shape index (κ2) is 5.78. The molecule has 0 atom stereocenters. The molecule has 0 bridgehead atoms. The zero-order chi connectivity index (χ0) is 13.0. The molecule has 1 aliphatic heterocycles. The predicted octanol–water partition coefficient (Wildman–Crippen LogP) is 2.07. The molecule has 2 heterocycles. The highest BCUT2D eigenvalue weighted by Gasteiger charge is 2.12. The highest BCUT2D eigenvalue weighted by Crippen LogP contribution is 2.19. The van der Waals surface area contributed by atoms with Crippen LogP contribution in [-0.2, 0) is 4.74 Å². The van der Waals surface area contributed by atoms with Crippen LogP contribution in [0.25, 0.3) is 0 Å². The van der Waals surface area contributed by atoms with Gasteiger partial charge < -0.3 is 9.64 Å². The van der Waals surface area contributed by atoms with Crippen LogP contribution in [0.15, 0.2) is 30.0 Å². The van der Waals surface area contributed by atoms with Crippen molar-refractivity contribution in [3.63, 3.8) is 0 Å². The van der Waals surface area contributed by atoms with Gasteiger partial charge in [0.15, 0.2) is 5.78 Å². The number of hydrogen-bond donors (Lipinski definition) is 0. The van der Waals surface area contributed by atoms with Crippen LogP contribution in [0, 0.1) is 0 Å². The summed E-state index contributed by atoms with van der Waals surface area (Å²) in [6, 6.07) is 3.74. The van der Waals surface area contributed by atoms with E-state index in [0.717, 1.165) is 31.8 Å². The molecule has 1 aromatic rings. The normalized spacial score (nSPS) is 15.4. The number of anilines is 1. The number of methoxy groups -OCH3 is 1. The summed E-state index contributed by atoms with van der Waals surface area (Å²) in [6.45, 7) is 4.09. The highest BCUT2D eigenvalue weighted by molar-refractivity contribution is 5.92. The number of ketones is 1. The molecule has 0 aliphatic carbocycles. The number of aromatic nitrogens is 1. The molecule has 2 rings (SSSR count). The molecular formula is C14H18N2O2. The van der Waals surface area contributed by atoms with Crippen LogP contribution in [-0.4, -0.2) is 37.6 Å². The molecule has 0 unspecified atom stereocenters. The summed E-state index contributed by atoms with van der Waals surface area (Å²) >= 11 is 0. The van der Waals surface area contributed by atoms with Gasteiger partial charge >= 0.3 is 0 Å². The Kier molecular flexibility index (Phi) is 4.10. The van der Waals surface area contributed by atoms with E-state index in [0.29, 0.717) is 5.69 Å². The lowest BCUT2D eigenvalue weighted by Crippen LogP contribution is -2.29. The molecule has 4 heteroatoms. The highest BCUT2D eigenvalue weighted by atomic mass is 16.5. The van der Waals surface area contributed by atoms with Crippen molar-refractivity contribution in [2.75, 3.05) is 31.7 Å². The third kappa shape index (κ3) is 2.96. The van der Waals surface area contributed by atoms with Gasteiger partial charge in [0.25, 0.3) is 0 Å². The van der Waals surface area contributed by atoms with Gasteiger partial charge in [0, 0.05) is 27.1 Å². The van der Waals surface area contributed by atoms with Crippen molar-refractivity contribution in [3.05, 3.63) is 35.7 Å². The molecule has 96 valence electrons. The van der Waals surface area contributed by atoms with Crippen LogP contribution in [0.3, 0.4) is 0 Å². The summed E-state index contributed by atoms with van der Waals surface area (Å²) in [5.74, 6) is 0.00229. The second-order valence-electron chi connectivity index (χ2n) is 4.45. The molecule has 0 amide bonds. The fourth-order valence-corrected chi connectivity index (χ4v) is 2.04. The van der Waals surface area contributed by atoms with Crippen LogP contribution < -0.4 is 4.90 Å². The smallest absolute Gasteiger partial charge is 0.178 e. The molecule has 18 heavy (non-hydrogen) atoms. The molecule has 0 radical (unpaired) electrons. The van der Waals surface area contributed by atoms with E-state index in [4.69, 9.17) is 4.74 Å². The molecule has 0 fully saturated rings. The van der Waals surface area contributed by atoms with Gasteiger partial charge in [-0.1, -0.05) is 6.08 Å². The third-order valence-electron chi connectivity index (χ3n) is 3.11. The SMILES string of the molecule is COCC1=CCN(c2ccc(C(C)=O)nc2)CC1. The molecule has 1 aliphatic rings. The van der Waals surface area contributed by atoms with Crippen LogP contribution in [0.1, 0.15) is 23.8 Å². The number of rotatable bonds is 4.